The zero-order valence-corrected chi connectivity index (χ0v) is 44.1. The number of nitrogens with zero attached hydrogens (tertiary/aromatic N) is 4. The van der Waals surface area contributed by atoms with E-state index >= 15 is 0 Å². The molecule has 0 saturated carbocycles. The molecule has 8 aromatic carbocycles. The van der Waals surface area contributed by atoms with Crippen LogP contribution in [0.5, 0.6) is 0 Å². The lowest BCUT2D eigenvalue weighted by molar-refractivity contribution is 0.536. The minimum absolute atomic E-state index is 0.409. The number of imidazole rings is 2. The van der Waals surface area contributed by atoms with E-state index in [-0.39, 0.29) is 0 Å². The molecule has 0 fully saturated rings. The van der Waals surface area contributed by atoms with Crippen molar-refractivity contribution in [3.05, 3.63) is 277 Å². The average Bonchev–Trinajstić information content (AvgIpc) is 4.13. The van der Waals surface area contributed by atoms with Crippen molar-refractivity contribution in [3.8, 4) is 61.8 Å². The van der Waals surface area contributed by atoms with Gasteiger partial charge in [-0.3, -0.25) is 9.13 Å². The van der Waals surface area contributed by atoms with E-state index in [1.165, 1.54) is 61.2 Å². The third-order valence-corrected chi connectivity index (χ3v) is 14.4. The molecule has 4 nitrogen and oxygen atoms in total. The van der Waals surface area contributed by atoms with Gasteiger partial charge < -0.3 is 0 Å². The predicted molar refractivity (Wildman–Crippen MR) is 315 cm³/mol. The number of benzene rings is 8. The average molecular weight is 963 g/mol. The lowest BCUT2D eigenvalue weighted by Gasteiger charge is -2.24. The van der Waals surface area contributed by atoms with Gasteiger partial charge in [0.2, 0.25) is 0 Å². The number of hydrogen-bond donors (Lipinski definition) is 0. The van der Waals surface area contributed by atoms with Crippen molar-refractivity contribution in [2.24, 2.45) is 5.92 Å². The summed E-state index contributed by atoms with van der Waals surface area (Å²) in [5.74, 6) is 2.81. The lowest BCUT2D eigenvalue weighted by Crippen LogP contribution is -2.08. The van der Waals surface area contributed by atoms with Crippen LogP contribution in [0.3, 0.4) is 0 Å². The Bertz CT molecular complexity index is 3480. The van der Waals surface area contributed by atoms with E-state index in [0.717, 1.165) is 56.4 Å². The Hall–Kier alpha value is -8.60. The second kappa shape index (κ2) is 22.9. The Morgan fingerprint density at radius 1 is 0.486 bits per heavy atom. The molecule has 2 aromatic heterocycles. The van der Waals surface area contributed by atoms with Gasteiger partial charge in [0.1, 0.15) is 11.6 Å². The van der Waals surface area contributed by atoms with Gasteiger partial charge in [-0.2, -0.15) is 0 Å². The summed E-state index contributed by atoms with van der Waals surface area (Å²) < 4.78 is 4.52. The minimum atomic E-state index is 0.409. The molecule has 10 rings (SSSR count). The first-order chi connectivity index (χ1) is 36.1. The zero-order valence-electron chi connectivity index (χ0n) is 44.1. The summed E-state index contributed by atoms with van der Waals surface area (Å²) in [5.41, 5.74) is 22.7. The van der Waals surface area contributed by atoms with E-state index in [9.17, 15) is 0 Å². The first-order valence-electron chi connectivity index (χ1n) is 25.8. The molecule has 2 heterocycles. The molecule has 4 heteroatoms. The van der Waals surface area contributed by atoms with Crippen LogP contribution < -0.4 is 0 Å². The van der Waals surface area contributed by atoms with E-state index in [1.54, 1.807) is 0 Å². The Morgan fingerprint density at radius 3 is 1.49 bits per heavy atom. The van der Waals surface area contributed by atoms with Gasteiger partial charge in [0.25, 0.3) is 0 Å². The van der Waals surface area contributed by atoms with Gasteiger partial charge in [0, 0.05) is 58.2 Å². The van der Waals surface area contributed by atoms with Gasteiger partial charge in [-0.25, -0.2) is 9.97 Å². The van der Waals surface area contributed by atoms with E-state index in [0.29, 0.717) is 11.8 Å². The SMILES string of the molecule is C=C/C(=C(\C(=C/C)c1ccccc1)n1ccnc1-c1ccccc1C(C)C(C)C)c1ccccc1.Cc1cccc(C)c1-c1cc(-c2ccccc2)cc(-c2c(C)cccc2C)c1-n1ccnc1-c1ccccc1. The predicted octanol–water partition coefficient (Wildman–Crippen LogP) is 18.7. The van der Waals surface area contributed by atoms with Crippen molar-refractivity contribution >= 4 is 16.8 Å². The first-order valence-corrected chi connectivity index (χ1v) is 25.8. The van der Waals surface area contributed by atoms with Crippen LogP contribution in [0.25, 0.3) is 78.7 Å². The van der Waals surface area contributed by atoms with E-state index in [4.69, 9.17) is 9.97 Å². The first kappa shape index (κ1) is 50.3. The zero-order chi connectivity index (χ0) is 51.7. The summed E-state index contributed by atoms with van der Waals surface area (Å²) in [6, 6.07) is 68.7. The van der Waals surface area contributed by atoms with Crippen LogP contribution in [0.2, 0.25) is 0 Å². The molecule has 1 atom stereocenters. The molecular weight excluding hydrogens is 897 g/mol. The topological polar surface area (TPSA) is 35.6 Å². The van der Waals surface area contributed by atoms with Crippen LogP contribution in [0, 0.1) is 33.6 Å². The van der Waals surface area contributed by atoms with Crippen molar-refractivity contribution in [2.75, 3.05) is 0 Å². The fourth-order valence-corrected chi connectivity index (χ4v) is 10.4. The summed E-state index contributed by atoms with van der Waals surface area (Å²) in [5, 5.41) is 0. The molecule has 10 aromatic rings. The van der Waals surface area contributed by atoms with E-state index < -0.39 is 0 Å². The Morgan fingerprint density at radius 2 is 0.959 bits per heavy atom. The van der Waals surface area contributed by atoms with Crippen molar-refractivity contribution in [3.63, 3.8) is 0 Å². The highest BCUT2D eigenvalue weighted by Gasteiger charge is 2.25. The third kappa shape index (κ3) is 10.4. The highest BCUT2D eigenvalue weighted by Crippen LogP contribution is 2.45. The Labute approximate surface area is 439 Å². The maximum absolute atomic E-state index is 4.90. The van der Waals surface area contributed by atoms with Crippen LogP contribution in [-0.4, -0.2) is 19.1 Å². The van der Waals surface area contributed by atoms with Crippen LogP contribution in [-0.2, 0) is 0 Å². The summed E-state index contributed by atoms with van der Waals surface area (Å²) in [6.45, 7) is 22.0. The highest BCUT2D eigenvalue weighted by atomic mass is 15.1. The number of aryl methyl sites for hydroxylation is 4. The summed E-state index contributed by atoms with van der Waals surface area (Å²) in [4.78, 5) is 9.76. The molecule has 74 heavy (non-hydrogen) atoms. The molecule has 0 aliphatic rings. The van der Waals surface area contributed by atoms with Gasteiger partial charge in [0.15, 0.2) is 0 Å². The number of rotatable bonds is 13. The quantitative estimate of drug-likeness (QED) is 0.108. The summed E-state index contributed by atoms with van der Waals surface area (Å²) in [6.07, 6.45) is 12.1. The largest absolute Gasteiger partial charge is 0.299 e. The van der Waals surface area contributed by atoms with Gasteiger partial charge in [-0.05, 0) is 120 Å². The molecule has 0 saturated heterocycles. The molecule has 0 aliphatic heterocycles. The second-order valence-corrected chi connectivity index (χ2v) is 19.4. The molecular formula is C70H66N4. The normalized spacial score (nSPS) is 12.2. The summed E-state index contributed by atoms with van der Waals surface area (Å²) in [7, 11) is 0. The lowest BCUT2D eigenvalue weighted by atomic mass is 9.85. The van der Waals surface area contributed by atoms with Crippen LogP contribution in [0.1, 0.15) is 72.6 Å². The molecule has 0 bridgehead atoms. The standard InChI is InChI=1S/C37H32N2.C33H34N2/c1-25-13-11-14-26(2)34(25)32-23-31(29-17-7-5-8-18-29)24-33(35-27(3)15-12-16-28(35)4)36(32)39-22-21-38-37(39)30-19-9-6-10-20-30;1-6-28(26-16-10-8-11-17-26)32(29(7-2)27-18-12-9-13-19-27)35-23-22-34-33(35)31-21-15-14-20-30(31)25(5)24(3)4/h5-24H,1-4H3;6-25H,1H2,2-5H3/b;29-7-,32-28-. The van der Waals surface area contributed by atoms with E-state index in [1.807, 2.05) is 24.5 Å². The van der Waals surface area contributed by atoms with Gasteiger partial charge >= 0.3 is 0 Å². The molecule has 0 aliphatic carbocycles. The number of allylic oxidation sites excluding steroid dienone is 5. The van der Waals surface area contributed by atoms with Crippen LogP contribution >= 0.6 is 0 Å². The van der Waals surface area contributed by atoms with E-state index in [2.05, 4.69) is 278 Å². The fraction of sp³-hybridized carbons (Fsp3) is 0.143. The number of aromatic nitrogens is 4. The molecule has 366 valence electrons. The second-order valence-electron chi connectivity index (χ2n) is 19.4. The molecule has 0 spiro atoms. The van der Waals surface area contributed by atoms with Crippen LogP contribution in [0.4, 0.5) is 0 Å². The Kier molecular flexibility index (Phi) is 15.6. The Balaban J connectivity index is 0.000000183. The monoisotopic (exact) mass is 963 g/mol. The maximum Gasteiger partial charge on any atom is 0.144 e. The van der Waals surface area contributed by atoms with Gasteiger partial charge in [0.05, 0.1) is 11.4 Å². The van der Waals surface area contributed by atoms with Gasteiger partial charge in [-0.1, -0.05) is 221 Å². The molecule has 0 radical (unpaired) electrons. The van der Waals surface area contributed by atoms with Gasteiger partial charge in [-0.15, -0.1) is 0 Å². The highest BCUT2D eigenvalue weighted by molar-refractivity contribution is 6.11. The minimum Gasteiger partial charge on any atom is -0.299 e. The summed E-state index contributed by atoms with van der Waals surface area (Å²) >= 11 is 0. The fourth-order valence-electron chi connectivity index (χ4n) is 10.4. The van der Waals surface area contributed by atoms with Crippen molar-refractivity contribution in [2.45, 2.75) is 61.3 Å². The van der Waals surface area contributed by atoms with Crippen LogP contribution in [0.15, 0.2) is 238 Å². The number of hydrogen-bond acceptors (Lipinski definition) is 2. The third-order valence-electron chi connectivity index (χ3n) is 14.4. The molecule has 0 amide bonds. The molecule has 1 unspecified atom stereocenters. The molecule has 0 N–H and O–H groups in total. The van der Waals surface area contributed by atoms with Crippen molar-refractivity contribution < 1.29 is 0 Å². The van der Waals surface area contributed by atoms with Crippen molar-refractivity contribution in [1.82, 2.24) is 19.1 Å². The van der Waals surface area contributed by atoms with Crippen molar-refractivity contribution in [1.29, 1.82) is 0 Å². The maximum atomic E-state index is 4.90. The smallest absolute Gasteiger partial charge is 0.144 e.